The lowest BCUT2D eigenvalue weighted by atomic mass is 9.98. The Morgan fingerprint density at radius 1 is 1.24 bits per heavy atom. The van der Waals surface area contributed by atoms with E-state index in [0.29, 0.717) is 33.1 Å². The van der Waals surface area contributed by atoms with E-state index in [1.54, 1.807) is 25.2 Å². The van der Waals surface area contributed by atoms with Gasteiger partial charge in [0.05, 0.1) is 5.35 Å². The smallest absolute Gasteiger partial charge is 0.258 e. The molecule has 2 aromatic rings. The third kappa shape index (κ3) is 4.29. The summed E-state index contributed by atoms with van der Waals surface area (Å²) in [6, 6.07) is 7.52. The summed E-state index contributed by atoms with van der Waals surface area (Å²) in [5.74, 6) is 0.267. The second kappa shape index (κ2) is 8.03. The van der Waals surface area contributed by atoms with Crippen LogP contribution in [0.25, 0.3) is 23.1 Å². The van der Waals surface area contributed by atoms with Gasteiger partial charge in [0.2, 0.25) is 0 Å². The van der Waals surface area contributed by atoms with E-state index in [9.17, 15) is 9.59 Å². The van der Waals surface area contributed by atoms with Crippen LogP contribution >= 0.6 is 0 Å². The average Bonchev–Trinajstić information content (AvgIpc) is 3.47. The van der Waals surface area contributed by atoms with Gasteiger partial charge in [-0.15, -0.1) is 0 Å². The third-order valence-corrected chi connectivity index (χ3v) is 5.03. The van der Waals surface area contributed by atoms with Gasteiger partial charge in [-0.2, -0.15) is 0 Å². The number of rotatable bonds is 5. The van der Waals surface area contributed by atoms with Crippen molar-refractivity contribution in [2.45, 2.75) is 45.7 Å². The maximum absolute atomic E-state index is 13.2. The van der Waals surface area contributed by atoms with Crippen LogP contribution in [0.3, 0.4) is 0 Å². The molecular formula is C22H29N5O2. The van der Waals surface area contributed by atoms with E-state index < -0.39 is 0 Å². The second-order valence-electron chi connectivity index (χ2n) is 7.88. The molecule has 1 aromatic carbocycles. The molecule has 0 bridgehead atoms. The Morgan fingerprint density at radius 3 is 2.52 bits per heavy atom. The van der Waals surface area contributed by atoms with Crippen LogP contribution in [0.1, 0.15) is 42.6 Å². The van der Waals surface area contributed by atoms with Crippen molar-refractivity contribution >= 4 is 17.9 Å². The van der Waals surface area contributed by atoms with Gasteiger partial charge in [-0.1, -0.05) is 6.07 Å². The van der Waals surface area contributed by atoms with Crippen LogP contribution in [0.2, 0.25) is 0 Å². The van der Waals surface area contributed by atoms with Crippen molar-refractivity contribution in [3.63, 3.8) is 0 Å². The summed E-state index contributed by atoms with van der Waals surface area (Å²) >= 11 is 0. The Hall–Kier alpha value is -3.22. The molecule has 0 unspecified atom stereocenters. The summed E-state index contributed by atoms with van der Waals surface area (Å²) in [4.78, 5) is 25.6. The first-order valence-corrected chi connectivity index (χ1v) is 9.83. The third-order valence-electron chi connectivity index (χ3n) is 5.03. The van der Waals surface area contributed by atoms with Gasteiger partial charge in [-0.05, 0) is 62.9 Å². The number of hydrogen-bond acceptors (Lipinski definition) is 5. The van der Waals surface area contributed by atoms with Crippen LogP contribution in [0, 0.1) is 6.92 Å². The molecule has 1 amide bonds. The number of nitrogens with zero attached hydrogens (tertiary/aromatic N) is 1. The fourth-order valence-corrected chi connectivity index (χ4v) is 3.35. The molecule has 0 atom stereocenters. The lowest BCUT2D eigenvalue weighted by Crippen LogP contribution is -2.48. The molecule has 0 spiro atoms. The predicted octanol–water partition coefficient (Wildman–Crippen LogP) is -0.0280. The molecule has 0 aliphatic heterocycles. The lowest BCUT2D eigenvalue weighted by molar-refractivity contribution is 0.0951. The number of pyridine rings is 1. The quantitative estimate of drug-likeness (QED) is 0.568. The van der Waals surface area contributed by atoms with Crippen molar-refractivity contribution in [1.29, 1.82) is 0 Å². The molecule has 1 heterocycles. The number of carbonyl (C=O) groups excluding carboxylic acids is 1. The average molecular weight is 396 g/mol. The lowest BCUT2D eigenvalue weighted by Gasteiger charge is -2.14. The highest BCUT2D eigenvalue weighted by molar-refractivity contribution is 5.96. The van der Waals surface area contributed by atoms with Gasteiger partial charge in [0, 0.05) is 41.7 Å². The van der Waals surface area contributed by atoms with Gasteiger partial charge in [-0.3, -0.25) is 9.59 Å². The highest BCUT2D eigenvalue weighted by Gasteiger charge is 2.24. The zero-order valence-electron chi connectivity index (χ0n) is 17.4. The fourth-order valence-electron chi connectivity index (χ4n) is 3.35. The van der Waals surface area contributed by atoms with Crippen LogP contribution < -0.4 is 38.2 Å². The van der Waals surface area contributed by atoms with E-state index in [1.807, 2.05) is 26.8 Å². The van der Waals surface area contributed by atoms with E-state index in [2.05, 4.69) is 10.6 Å². The molecule has 154 valence electrons. The van der Waals surface area contributed by atoms with Crippen molar-refractivity contribution in [3.8, 4) is 11.1 Å². The minimum Gasteiger partial charge on any atom is -0.404 e. The van der Waals surface area contributed by atoms with E-state index in [-0.39, 0.29) is 23.6 Å². The van der Waals surface area contributed by atoms with Crippen LogP contribution in [0.15, 0.2) is 29.1 Å². The number of benzene rings is 1. The van der Waals surface area contributed by atoms with Gasteiger partial charge in [0.15, 0.2) is 0 Å². The topological polar surface area (TPSA) is 115 Å². The number of aromatic nitrogens is 1. The van der Waals surface area contributed by atoms with Crippen LogP contribution in [-0.4, -0.2) is 22.6 Å². The van der Waals surface area contributed by atoms with E-state index in [1.165, 1.54) is 10.8 Å². The summed E-state index contributed by atoms with van der Waals surface area (Å²) in [5.41, 5.74) is 14.5. The standard InChI is InChI=1S/C22H29N5O2/c1-12(2)25-20(24)19-15(11-23)10-18(22(29)27(19)4)17-9-14(6-5-13(17)3)21(28)26-16-7-8-16/h5-6,9-12,16,25H,7-8,23-24H2,1-4H3,(H,26,28)/b15-11-,20-19-. The molecule has 1 aromatic heterocycles. The first kappa shape index (κ1) is 20.5. The van der Waals surface area contributed by atoms with Gasteiger partial charge < -0.3 is 26.7 Å². The highest BCUT2D eigenvalue weighted by atomic mass is 16.1. The number of nitrogens with one attached hydrogen (secondary N) is 2. The number of hydrogen-bond donors (Lipinski definition) is 4. The molecule has 7 heteroatoms. The summed E-state index contributed by atoms with van der Waals surface area (Å²) < 4.78 is 1.50. The van der Waals surface area contributed by atoms with Crippen molar-refractivity contribution in [3.05, 3.63) is 56.3 Å². The molecule has 1 aliphatic carbocycles. The maximum atomic E-state index is 13.2. The van der Waals surface area contributed by atoms with Gasteiger partial charge in [-0.25, -0.2) is 0 Å². The van der Waals surface area contributed by atoms with Gasteiger partial charge in [0.25, 0.3) is 11.5 Å². The number of amides is 1. The van der Waals surface area contributed by atoms with Gasteiger partial charge in [0.1, 0.15) is 5.82 Å². The zero-order chi connectivity index (χ0) is 21.3. The largest absolute Gasteiger partial charge is 0.404 e. The zero-order valence-corrected chi connectivity index (χ0v) is 17.4. The number of nitrogens with two attached hydrogens (primary N) is 2. The Morgan fingerprint density at radius 2 is 1.93 bits per heavy atom. The van der Waals surface area contributed by atoms with Crippen molar-refractivity contribution < 1.29 is 4.79 Å². The predicted molar refractivity (Wildman–Crippen MR) is 116 cm³/mol. The van der Waals surface area contributed by atoms with Crippen molar-refractivity contribution in [2.75, 3.05) is 0 Å². The molecular weight excluding hydrogens is 366 g/mol. The Labute approximate surface area is 170 Å². The van der Waals surface area contributed by atoms with Crippen molar-refractivity contribution in [1.82, 2.24) is 15.2 Å². The Kier molecular flexibility index (Phi) is 5.68. The second-order valence-corrected chi connectivity index (χ2v) is 7.88. The summed E-state index contributed by atoms with van der Waals surface area (Å²) in [6.07, 6.45) is 3.47. The molecule has 1 saturated carbocycles. The SMILES string of the molecule is Cc1ccc(C(=O)NC2CC2)cc1-c1cc(=C/N)/c(=C(\N)NC(C)C)n(C)c1=O. The fraction of sp³-hybridized carbons (Fsp3) is 0.364. The summed E-state index contributed by atoms with van der Waals surface area (Å²) in [6.45, 7) is 5.84. The highest BCUT2D eigenvalue weighted by Crippen LogP contribution is 2.23. The maximum Gasteiger partial charge on any atom is 0.258 e. The van der Waals surface area contributed by atoms with Gasteiger partial charge >= 0.3 is 0 Å². The molecule has 0 saturated heterocycles. The first-order valence-electron chi connectivity index (χ1n) is 9.83. The minimum absolute atomic E-state index is 0.110. The van der Waals surface area contributed by atoms with Crippen LogP contribution in [0.5, 0.6) is 0 Å². The molecule has 6 N–H and O–H groups in total. The summed E-state index contributed by atoms with van der Waals surface area (Å²) in [5, 5.41) is 7.29. The molecule has 1 fully saturated rings. The molecule has 29 heavy (non-hydrogen) atoms. The van der Waals surface area contributed by atoms with E-state index >= 15 is 0 Å². The molecule has 0 radical (unpaired) electrons. The van der Waals surface area contributed by atoms with Crippen LogP contribution in [0.4, 0.5) is 0 Å². The molecule has 1 aliphatic rings. The number of aryl methyl sites for hydroxylation is 1. The number of carbonyl (C=O) groups is 1. The minimum atomic E-state index is -0.207. The molecule has 3 rings (SSSR count). The Balaban J connectivity index is 2.19. The first-order chi connectivity index (χ1) is 13.7. The Bertz CT molecular complexity index is 1130. The van der Waals surface area contributed by atoms with E-state index in [0.717, 1.165) is 18.4 Å². The molecule has 7 nitrogen and oxygen atoms in total. The van der Waals surface area contributed by atoms with Crippen molar-refractivity contribution in [2.24, 2.45) is 18.5 Å². The normalized spacial score (nSPS) is 15.4. The summed E-state index contributed by atoms with van der Waals surface area (Å²) in [7, 11) is 1.67. The van der Waals surface area contributed by atoms with E-state index in [4.69, 9.17) is 11.5 Å². The monoisotopic (exact) mass is 395 g/mol. The van der Waals surface area contributed by atoms with Crippen LogP contribution in [-0.2, 0) is 7.05 Å².